The van der Waals surface area contributed by atoms with Gasteiger partial charge >= 0.3 is 0 Å². The lowest BCUT2D eigenvalue weighted by molar-refractivity contribution is -0.130. The number of carbonyl (C=O) groups is 5. The van der Waals surface area contributed by atoms with Gasteiger partial charge in [0.05, 0.1) is 12.6 Å². The second-order valence-electron chi connectivity index (χ2n) is 12.8. The summed E-state index contributed by atoms with van der Waals surface area (Å²) < 4.78 is 16.3. The predicted octanol–water partition coefficient (Wildman–Crippen LogP) is 2.48. The topological polar surface area (TPSA) is 159 Å². The van der Waals surface area contributed by atoms with Crippen molar-refractivity contribution in [2.24, 2.45) is 11.7 Å². The van der Waals surface area contributed by atoms with E-state index < -0.39 is 60.1 Å². The molecule has 0 heterocycles. The highest BCUT2D eigenvalue weighted by Crippen LogP contribution is 2.54. The van der Waals surface area contributed by atoms with Gasteiger partial charge in [0, 0.05) is 19.4 Å². The third kappa shape index (κ3) is 11.3. The smallest absolute Gasteiger partial charge is 0.266 e. The quantitative estimate of drug-likeness (QED) is 0.166. The number of nitrogens with one attached hydrogen (secondary N) is 4. The van der Waals surface area contributed by atoms with Crippen LogP contribution in [0, 0.1) is 5.92 Å². The summed E-state index contributed by atoms with van der Waals surface area (Å²) in [6.45, 7) is 14.0. The number of primary amides is 1. The molecule has 0 spiro atoms. The van der Waals surface area contributed by atoms with Crippen molar-refractivity contribution in [3.8, 4) is 0 Å². The fraction of sp³-hybridized carbons (Fsp3) is 0.621. The second-order valence-corrected chi connectivity index (χ2v) is 17.8. The van der Waals surface area contributed by atoms with Crippen LogP contribution in [0.2, 0.25) is 16.1 Å². The van der Waals surface area contributed by atoms with Crippen LogP contribution in [0.5, 0.6) is 0 Å². The molecule has 1 aromatic carbocycles. The van der Waals surface area contributed by atoms with E-state index in [1.54, 1.807) is 79.7 Å². The second kappa shape index (κ2) is 15.1. The highest BCUT2D eigenvalue weighted by atomic mass is 28.4. The Morgan fingerprint density at radius 1 is 0.854 bits per heavy atom. The molecule has 12 heteroatoms. The first-order valence-corrected chi connectivity index (χ1v) is 16.0. The van der Waals surface area contributed by atoms with E-state index in [-0.39, 0.29) is 37.9 Å². The Hall–Kier alpha value is -3.28. The van der Waals surface area contributed by atoms with E-state index in [4.69, 9.17) is 5.73 Å². The van der Waals surface area contributed by atoms with Crippen molar-refractivity contribution in [3.63, 3.8) is 0 Å². The molecule has 0 unspecified atom stereocenters. The number of nitrogens with two attached hydrogens (primary N) is 1. The molecule has 230 valence electrons. The van der Waals surface area contributed by atoms with E-state index in [1.165, 1.54) is 0 Å². The molecule has 0 fully saturated rings. The summed E-state index contributed by atoms with van der Waals surface area (Å²) >= 11 is 0. The van der Waals surface area contributed by atoms with E-state index in [2.05, 4.69) is 21.3 Å². The summed E-state index contributed by atoms with van der Waals surface area (Å²) in [6, 6.07) is 6.91. The Morgan fingerprint density at radius 2 is 1.41 bits per heavy atom. The molecular formula is C29H48FN5O5Si. The van der Waals surface area contributed by atoms with E-state index in [1.807, 2.05) is 6.07 Å². The molecule has 0 radical (unpaired) electrons. The monoisotopic (exact) mass is 592 g/mol. The van der Waals surface area contributed by atoms with Crippen molar-refractivity contribution in [2.75, 3.05) is 13.1 Å². The molecule has 0 saturated heterocycles. The lowest BCUT2D eigenvalue weighted by Gasteiger charge is -2.44. The molecule has 6 N–H and O–H groups in total. The Labute approximate surface area is 244 Å². The van der Waals surface area contributed by atoms with Gasteiger partial charge in [-0.2, -0.15) is 0 Å². The van der Waals surface area contributed by atoms with Crippen LogP contribution in [0.3, 0.4) is 0 Å². The molecule has 2 atom stereocenters. The lowest BCUT2D eigenvalue weighted by Crippen LogP contribution is -2.55. The molecular weight excluding hydrogens is 544 g/mol. The van der Waals surface area contributed by atoms with Crippen molar-refractivity contribution < 1.29 is 28.1 Å². The maximum Gasteiger partial charge on any atom is 0.266 e. The SMILES string of the molecule is CC(C)[C@H](NC(=O)C[Si]([18F])(C(C)(C)C)C(C)(C)C)C(=O)NCCC(=O)N[C@@H](Cc1ccccc1)C(=O)NCC(N)=O. The highest BCUT2D eigenvalue weighted by molar-refractivity contribution is 6.81. The Morgan fingerprint density at radius 3 is 1.90 bits per heavy atom. The Kier molecular flexibility index (Phi) is 13.2. The number of hydrogen-bond donors (Lipinski definition) is 5. The zero-order valence-corrected chi connectivity index (χ0v) is 26.7. The third-order valence-corrected chi connectivity index (χ3v) is 12.6. The minimum absolute atomic E-state index is 0.0451. The van der Waals surface area contributed by atoms with E-state index in [0.717, 1.165) is 5.56 Å². The molecule has 0 aromatic heterocycles. The normalized spacial score (nSPS) is 13.6. The summed E-state index contributed by atoms with van der Waals surface area (Å²) in [7, 11) is -3.61. The summed E-state index contributed by atoms with van der Waals surface area (Å²) in [5.74, 6) is -3.05. The van der Waals surface area contributed by atoms with Crippen LogP contribution in [0.4, 0.5) is 4.11 Å². The molecule has 0 saturated carbocycles. The molecule has 0 aliphatic carbocycles. The minimum atomic E-state index is -3.61. The molecule has 1 aromatic rings. The zero-order chi connectivity index (χ0) is 31.6. The van der Waals surface area contributed by atoms with Crippen LogP contribution in [0.25, 0.3) is 0 Å². The van der Waals surface area contributed by atoms with E-state index >= 15 is 4.11 Å². The number of rotatable bonds is 14. The Balaban J connectivity index is 2.79. The number of carbonyl (C=O) groups excluding carboxylic acids is 5. The van der Waals surface area contributed by atoms with Gasteiger partial charge in [0.15, 0.2) is 0 Å². The third-order valence-electron chi connectivity index (χ3n) is 7.07. The van der Waals surface area contributed by atoms with Crippen molar-refractivity contribution in [3.05, 3.63) is 35.9 Å². The number of amides is 5. The minimum Gasteiger partial charge on any atom is -0.368 e. The molecule has 10 nitrogen and oxygen atoms in total. The first-order valence-electron chi connectivity index (χ1n) is 13.9. The molecule has 0 bridgehead atoms. The van der Waals surface area contributed by atoms with Gasteiger partial charge in [0.25, 0.3) is 8.41 Å². The van der Waals surface area contributed by atoms with Crippen LogP contribution in [-0.2, 0) is 30.4 Å². The first-order chi connectivity index (χ1) is 18.8. The molecule has 5 amide bonds. The van der Waals surface area contributed by atoms with Gasteiger partial charge in [0.1, 0.15) is 12.1 Å². The standard InChI is InChI=1S/C29H48FN5O5Si/c1-19(2)25(35-24(38)18-41(30,28(3,4)5)29(6,7)8)27(40)32-15-14-23(37)34-21(26(39)33-17-22(31)36)16-20-12-10-9-11-13-20/h9-13,19,21,25H,14-18H2,1-8H3,(H2,31,36)(H,32,40)(H,33,39)(H,34,37)(H,35,38)/t21-,25-/m0/s1/i30-1. The van der Waals surface area contributed by atoms with Crippen molar-refractivity contribution in [2.45, 2.75) is 96.4 Å². The van der Waals surface area contributed by atoms with Gasteiger partial charge < -0.3 is 31.1 Å². The fourth-order valence-electron chi connectivity index (χ4n) is 4.67. The summed E-state index contributed by atoms with van der Waals surface area (Å²) in [5.41, 5.74) is 5.91. The predicted molar refractivity (Wildman–Crippen MR) is 160 cm³/mol. The fourth-order valence-corrected chi connectivity index (χ4v) is 8.52. The van der Waals surface area contributed by atoms with Crippen LogP contribution < -0.4 is 27.0 Å². The summed E-state index contributed by atoms with van der Waals surface area (Å²) in [6.07, 6.45) is 0.0565. The maximum absolute atomic E-state index is 16.3. The van der Waals surface area contributed by atoms with Gasteiger partial charge in [-0.15, -0.1) is 0 Å². The largest absolute Gasteiger partial charge is 0.368 e. The summed E-state index contributed by atoms with van der Waals surface area (Å²) in [5, 5.41) is 9.04. The molecule has 0 aliphatic rings. The Bertz CT molecular complexity index is 1060. The summed E-state index contributed by atoms with van der Waals surface area (Å²) in [4.78, 5) is 62.2. The molecule has 0 aliphatic heterocycles. The van der Waals surface area contributed by atoms with Crippen molar-refractivity contribution in [1.82, 2.24) is 21.3 Å². The van der Waals surface area contributed by atoms with Gasteiger partial charge in [-0.1, -0.05) is 85.7 Å². The molecule has 41 heavy (non-hydrogen) atoms. The molecule has 1 rings (SSSR count). The van der Waals surface area contributed by atoms with Crippen LogP contribution in [0.1, 0.15) is 67.4 Å². The van der Waals surface area contributed by atoms with Crippen LogP contribution in [0.15, 0.2) is 30.3 Å². The van der Waals surface area contributed by atoms with Crippen LogP contribution >= 0.6 is 0 Å². The number of hydrogen-bond acceptors (Lipinski definition) is 5. The van der Waals surface area contributed by atoms with E-state index in [9.17, 15) is 24.0 Å². The van der Waals surface area contributed by atoms with Crippen LogP contribution in [-0.4, -0.2) is 63.1 Å². The van der Waals surface area contributed by atoms with Crippen molar-refractivity contribution in [1.29, 1.82) is 0 Å². The lowest BCUT2D eigenvalue weighted by atomic mass is 10.0. The average molecular weight is 593 g/mol. The highest BCUT2D eigenvalue weighted by Gasteiger charge is 2.56. The first kappa shape index (κ1) is 35.7. The zero-order valence-electron chi connectivity index (χ0n) is 25.7. The van der Waals surface area contributed by atoms with Gasteiger partial charge in [-0.25, -0.2) is 0 Å². The van der Waals surface area contributed by atoms with Gasteiger partial charge in [0.2, 0.25) is 29.5 Å². The van der Waals surface area contributed by atoms with Crippen molar-refractivity contribution >= 4 is 37.9 Å². The average Bonchev–Trinajstić information content (AvgIpc) is 2.84. The van der Waals surface area contributed by atoms with E-state index in [0.29, 0.717) is 0 Å². The number of benzene rings is 1. The van der Waals surface area contributed by atoms with Gasteiger partial charge in [-0.3, -0.25) is 24.0 Å². The van der Waals surface area contributed by atoms with Gasteiger partial charge in [-0.05, 0) is 21.6 Å². The number of halogens is 1. The maximum atomic E-state index is 16.3.